The lowest BCUT2D eigenvalue weighted by Crippen LogP contribution is -2.16. The second-order valence-electron chi connectivity index (χ2n) is 14.5. The van der Waals surface area contributed by atoms with Crippen LogP contribution in [-0.2, 0) is 5.41 Å². The lowest BCUT2D eigenvalue weighted by molar-refractivity contribution is 0.660. The van der Waals surface area contributed by atoms with Gasteiger partial charge in [-0.15, -0.1) is 0 Å². The van der Waals surface area contributed by atoms with Crippen molar-refractivity contribution in [3.63, 3.8) is 0 Å². The number of hydrogen-bond acceptors (Lipinski definition) is 3. The maximum atomic E-state index is 6.60. The van der Waals surface area contributed by atoms with E-state index in [-0.39, 0.29) is 5.41 Å². The highest BCUT2D eigenvalue weighted by Gasteiger charge is 2.35. The van der Waals surface area contributed by atoms with E-state index in [1.807, 2.05) is 18.2 Å². The van der Waals surface area contributed by atoms with E-state index in [1.165, 1.54) is 33.0 Å². The van der Waals surface area contributed by atoms with Gasteiger partial charge in [0.15, 0.2) is 0 Å². The molecular formula is C49H33NO2. The number of anilines is 3. The average Bonchev–Trinajstić information content (AvgIpc) is 3.82. The number of fused-ring (bicyclic) bond motifs is 10. The molecule has 2 aromatic heterocycles. The molecule has 0 saturated heterocycles. The summed E-state index contributed by atoms with van der Waals surface area (Å²) >= 11 is 0. The third kappa shape index (κ3) is 4.14. The van der Waals surface area contributed by atoms with E-state index in [4.69, 9.17) is 8.83 Å². The molecule has 52 heavy (non-hydrogen) atoms. The Balaban J connectivity index is 1.11. The number of para-hydroxylation sites is 2. The van der Waals surface area contributed by atoms with Gasteiger partial charge in [-0.25, -0.2) is 0 Å². The van der Waals surface area contributed by atoms with Crippen molar-refractivity contribution in [1.29, 1.82) is 0 Å². The summed E-state index contributed by atoms with van der Waals surface area (Å²) in [6, 6.07) is 58.8. The number of furan rings is 2. The van der Waals surface area contributed by atoms with Crippen LogP contribution in [0.5, 0.6) is 0 Å². The van der Waals surface area contributed by atoms with E-state index in [2.05, 4.69) is 164 Å². The first kappa shape index (κ1) is 29.2. The number of nitrogens with zero attached hydrogens (tertiary/aromatic N) is 1. The summed E-state index contributed by atoms with van der Waals surface area (Å²) in [5, 5.41) is 6.89. The van der Waals surface area contributed by atoms with Crippen molar-refractivity contribution in [2.45, 2.75) is 19.3 Å². The van der Waals surface area contributed by atoms with Crippen LogP contribution in [0.3, 0.4) is 0 Å². The molecule has 0 amide bonds. The molecule has 1 aliphatic carbocycles. The van der Waals surface area contributed by atoms with E-state index in [0.717, 1.165) is 72.1 Å². The highest BCUT2D eigenvalue weighted by Crippen LogP contribution is 2.51. The smallest absolute Gasteiger partial charge is 0.143 e. The molecule has 8 aromatic carbocycles. The first-order valence-electron chi connectivity index (χ1n) is 17.9. The fraction of sp³-hybridized carbons (Fsp3) is 0.0612. The van der Waals surface area contributed by atoms with Crippen molar-refractivity contribution < 1.29 is 8.83 Å². The summed E-state index contributed by atoms with van der Waals surface area (Å²) in [5.41, 5.74) is 14.2. The van der Waals surface area contributed by atoms with Crippen molar-refractivity contribution in [3.05, 3.63) is 175 Å². The Bertz CT molecular complexity index is 3050. The first-order chi connectivity index (χ1) is 25.5. The highest BCUT2D eigenvalue weighted by atomic mass is 16.3. The Morgan fingerprint density at radius 1 is 0.423 bits per heavy atom. The molecule has 11 rings (SSSR count). The van der Waals surface area contributed by atoms with Crippen LogP contribution in [-0.4, -0.2) is 0 Å². The molecular weight excluding hydrogens is 635 g/mol. The van der Waals surface area contributed by atoms with Crippen LogP contribution >= 0.6 is 0 Å². The van der Waals surface area contributed by atoms with Gasteiger partial charge in [0, 0.05) is 55.7 Å². The predicted octanol–water partition coefficient (Wildman–Crippen LogP) is 14.1. The van der Waals surface area contributed by atoms with Gasteiger partial charge in [-0.05, 0) is 93.2 Å². The monoisotopic (exact) mass is 667 g/mol. The van der Waals surface area contributed by atoms with E-state index >= 15 is 0 Å². The molecule has 0 saturated carbocycles. The van der Waals surface area contributed by atoms with Gasteiger partial charge in [0.25, 0.3) is 0 Å². The molecule has 10 aromatic rings. The molecule has 0 spiro atoms. The molecule has 0 unspecified atom stereocenters. The standard InChI is InChI=1S/C49H33NO2/c1-49(2)42-16-8-5-13-36(42)37-25-23-33(28-43(37)49)50(34-24-26-40-38-14-6-9-17-44(38)51-46(40)29-34)32-21-19-30(20-22-32)47-35-12-4-3-11-31(35)27-41-39-15-7-10-18-45(39)52-48(41)47/h3-29H,1-2H3. The van der Waals surface area contributed by atoms with Crippen LogP contribution in [0, 0.1) is 0 Å². The van der Waals surface area contributed by atoms with Crippen LogP contribution in [0.1, 0.15) is 25.0 Å². The van der Waals surface area contributed by atoms with Gasteiger partial charge in [-0.1, -0.05) is 117 Å². The average molecular weight is 668 g/mol. The van der Waals surface area contributed by atoms with E-state index < -0.39 is 0 Å². The Morgan fingerprint density at radius 2 is 1.02 bits per heavy atom. The summed E-state index contributed by atoms with van der Waals surface area (Å²) in [6.45, 7) is 4.67. The molecule has 246 valence electrons. The lowest BCUT2D eigenvalue weighted by atomic mass is 9.82. The predicted molar refractivity (Wildman–Crippen MR) is 216 cm³/mol. The summed E-state index contributed by atoms with van der Waals surface area (Å²) in [6.07, 6.45) is 0. The molecule has 0 fully saturated rings. The fourth-order valence-electron chi connectivity index (χ4n) is 8.72. The van der Waals surface area contributed by atoms with Gasteiger partial charge < -0.3 is 13.7 Å². The van der Waals surface area contributed by atoms with Gasteiger partial charge in [-0.3, -0.25) is 0 Å². The van der Waals surface area contributed by atoms with E-state index in [1.54, 1.807) is 0 Å². The third-order valence-corrected chi connectivity index (χ3v) is 11.3. The normalized spacial score (nSPS) is 13.3. The molecule has 0 atom stereocenters. The number of hydrogen-bond donors (Lipinski definition) is 0. The van der Waals surface area contributed by atoms with Crippen molar-refractivity contribution in [2.24, 2.45) is 0 Å². The summed E-state index contributed by atoms with van der Waals surface area (Å²) in [5.74, 6) is 0. The topological polar surface area (TPSA) is 29.5 Å². The molecule has 1 aliphatic rings. The van der Waals surface area contributed by atoms with Crippen LogP contribution in [0.25, 0.3) is 76.9 Å². The summed E-state index contributed by atoms with van der Waals surface area (Å²) < 4.78 is 13.0. The first-order valence-corrected chi connectivity index (χ1v) is 17.9. The van der Waals surface area contributed by atoms with E-state index in [0.29, 0.717) is 0 Å². The Morgan fingerprint density at radius 3 is 1.85 bits per heavy atom. The summed E-state index contributed by atoms with van der Waals surface area (Å²) in [7, 11) is 0. The third-order valence-electron chi connectivity index (χ3n) is 11.3. The molecule has 3 heteroatoms. The van der Waals surface area contributed by atoms with Crippen molar-refractivity contribution >= 4 is 71.7 Å². The van der Waals surface area contributed by atoms with Gasteiger partial charge in [-0.2, -0.15) is 0 Å². The largest absolute Gasteiger partial charge is 0.456 e. The Hall–Kier alpha value is -6.58. The minimum absolute atomic E-state index is 0.119. The Kier molecular flexibility index (Phi) is 6.01. The number of rotatable bonds is 4. The van der Waals surface area contributed by atoms with Crippen LogP contribution in [0.15, 0.2) is 173 Å². The fourth-order valence-corrected chi connectivity index (χ4v) is 8.72. The Labute approximate surface area is 301 Å². The molecule has 0 aliphatic heterocycles. The quantitative estimate of drug-likeness (QED) is 0.187. The zero-order chi connectivity index (χ0) is 34.6. The van der Waals surface area contributed by atoms with Gasteiger partial charge in [0.2, 0.25) is 0 Å². The zero-order valence-corrected chi connectivity index (χ0v) is 28.9. The molecule has 2 heterocycles. The SMILES string of the molecule is CC1(C)c2ccccc2-c2ccc(N(c3ccc(-c4c5ccccc5cc5c4oc4ccccc45)cc3)c3ccc4c(c3)oc3ccccc34)cc21. The minimum atomic E-state index is -0.119. The molecule has 3 nitrogen and oxygen atoms in total. The van der Waals surface area contributed by atoms with Crippen molar-refractivity contribution in [2.75, 3.05) is 4.90 Å². The van der Waals surface area contributed by atoms with E-state index in [9.17, 15) is 0 Å². The zero-order valence-electron chi connectivity index (χ0n) is 28.9. The van der Waals surface area contributed by atoms with Crippen LogP contribution < -0.4 is 4.90 Å². The van der Waals surface area contributed by atoms with Gasteiger partial charge >= 0.3 is 0 Å². The van der Waals surface area contributed by atoms with Crippen molar-refractivity contribution in [3.8, 4) is 22.3 Å². The second kappa shape index (κ2) is 10.7. The highest BCUT2D eigenvalue weighted by molar-refractivity contribution is 6.18. The van der Waals surface area contributed by atoms with Crippen LogP contribution in [0.2, 0.25) is 0 Å². The van der Waals surface area contributed by atoms with Crippen molar-refractivity contribution in [1.82, 2.24) is 0 Å². The van der Waals surface area contributed by atoms with Gasteiger partial charge in [0.1, 0.15) is 22.3 Å². The van der Waals surface area contributed by atoms with Gasteiger partial charge in [0.05, 0.1) is 0 Å². The molecule has 0 bridgehead atoms. The number of benzene rings is 8. The molecule has 0 N–H and O–H groups in total. The maximum absolute atomic E-state index is 6.60. The maximum Gasteiger partial charge on any atom is 0.143 e. The summed E-state index contributed by atoms with van der Waals surface area (Å²) in [4.78, 5) is 2.36. The lowest BCUT2D eigenvalue weighted by Gasteiger charge is -2.28. The van der Waals surface area contributed by atoms with Crippen LogP contribution in [0.4, 0.5) is 17.1 Å². The second-order valence-corrected chi connectivity index (χ2v) is 14.5. The molecule has 0 radical (unpaired) electrons. The minimum Gasteiger partial charge on any atom is -0.456 e.